The van der Waals surface area contributed by atoms with Gasteiger partial charge in [0.1, 0.15) is 11.5 Å². The number of benzene rings is 1. The first-order valence-electron chi connectivity index (χ1n) is 6.75. The first-order valence-corrected chi connectivity index (χ1v) is 6.75. The molecule has 0 aliphatic rings. The number of amides is 1. The van der Waals surface area contributed by atoms with Gasteiger partial charge in [0.15, 0.2) is 0 Å². The van der Waals surface area contributed by atoms with Gasteiger partial charge in [-0.3, -0.25) is 4.79 Å². The van der Waals surface area contributed by atoms with Gasteiger partial charge in [0, 0.05) is 25.5 Å². The predicted molar refractivity (Wildman–Crippen MR) is 90.5 cm³/mol. The van der Waals surface area contributed by atoms with Crippen LogP contribution in [-0.2, 0) is 4.79 Å². The standard InChI is InChI=1S/C14H17NO4.C2H6.CH4/c1-10(17)15-13-8-11(18-2)9-14(19-3)12(13)6-4-5-7-16;1-2;/h8-9,16H,5,7H2,1-3H3,(H,15,17);1-2H3;1H4. The fourth-order valence-electron chi connectivity index (χ4n) is 1.49. The molecule has 0 radical (unpaired) electrons. The van der Waals surface area contributed by atoms with Crippen molar-refractivity contribution in [3.05, 3.63) is 17.7 Å². The lowest BCUT2D eigenvalue weighted by atomic mass is 10.1. The largest absolute Gasteiger partial charge is 0.497 e. The quantitative estimate of drug-likeness (QED) is 0.839. The lowest BCUT2D eigenvalue weighted by Crippen LogP contribution is -2.08. The van der Waals surface area contributed by atoms with Crippen molar-refractivity contribution in [2.75, 3.05) is 26.1 Å². The van der Waals surface area contributed by atoms with E-state index in [0.717, 1.165) is 0 Å². The molecule has 0 fully saturated rings. The van der Waals surface area contributed by atoms with Gasteiger partial charge in [-0.15, -0.1) is 0 Å². The third kappa shape index (κ3) is 7.00. The van der Waals surface area contributed by atoms with Gasteiger partial charge in [0.25, 0.3) is 0 Å². The summed E-state index contributed by atoms with van der Waals surface area (Å²) in [5.41, 5.74) is 1.08. The highest BCUT2D eigenvalue weighted by molar-refractivity contribution is 5.91. The zero-order chi connectivity index (χ0) is 16.3. The number of carbonyl (C=O) groups is 1. The molecule has 0 unspecified atom stereocenters. The Balaban J connectivity index is 0. The molecule has 1 aromatic carbocycles. The number of carbonyl (C=O) groups excluding carboxylic acids is 1. The molecule has 0 heterocycles. The van der Waals surface area contributed by atoms with Crippen molar-refractivity contribution < 1.29 is 19.4 Å². The molecule has 124 valence electrons. The van der Waals surface area contributed by atoms with Crippen molar-refractivity contribution in [2.24, 2.45) is 0 Å². The maximum absolute atomic E-state index is 11.2. The second-order valence-electron chi connectivity index (χ2n) is 3.71. The summed E-state index contributed by atoms with van der Waals surface area (Å²) in [4.78, 5) is 11.2. The molecule has 0 aliphatic carbocycles. The van der Waals surface area contributed by atoms with E-state index in [2.05, 4.69) is 17.2 Å². The van der Waals surface area contributed by atoms with Crippen LogP contribution in [0.5, 0.6) is 11.5 Å². The molecule has 0 atom stereocenters. The van der Waals surface area contributed by atoms with E-state index in [1.807, 2.05) is 13.8 Å². The summed E-state index contributed by atoms with van der Waals surface area (Å²) < 4.78 is 10.4. The van der Waals surface area contributed by atoms with E-state index < -0.39 is 0 Å². The maximum atomic E-state index is 11.2. The Morgan fingerprint density at radius 3 is 2.36 bits per heavy atom. The molecule has 0 spiro atoms. The minimum absolute atomic E-state index is 0. The molecule has 5 nitrogen and oxygen atoms in total. The summed E-state index contributed by atoms with van der Waals surface area (Å²) in [5.74, 6) is 6.55. The molecule has 1 amide bonds. The average molecular weight is 309 g/mol. The van der Waals surface area contributed by atoms with Gasteiger partial charge >= 0.3 is 0 Å². The van der Waals surface area contributed by atoms with E-state index in [0.29, 0.717) is 29.2 Å². The van der Waals surface area contributed by atoms with Crippen molar-refractivity contribution in [1.82, 2.24) is 0 Å². The molecule has 0 aromatic heterocycles. The summed E-state index contributed by atoms with van der Waals surface area (Å²) in [6.07, 6.45) is 0.356. The van der Waals surface area contributed by atoms with Gasteiger partial charge in [0.2, 0.25) is 5.91 Å². The predicted octanol–water partition coefficient (Wildman–Crippen LogP) is 3.06. The van der Waals surface area contributed by atoms with E-state index in [1.165, 1.54) is 21.1 Å². The number of ether oxygens (including phenoxy) is 2. The van der Waals surface area contributed by atoms with Crippen LogP contribution in [0.3, 0.4) is 0 Å². The molecule has 0 saturated carbocycles. The summed E-state index contributed by atoms with van der Waals surface area (Å²) in [6.45, 7) is 5.40. The van der Waals surface area contributed by atoms with Crippen molar-refractivity contribution in [3.8, 4) is 23.3 Å². The van der Waals surface area contributed by atoms with Crippen molar-refractivity contribution in [1.29, 1.82) is 0 Å². The first kappa shape index (κ1) is 22.1. The zero-order valence-electron chi connectivity index (χ0n) is 13.2. The van der Waals surface area contributed by atoms with Crippen LogP contribution in [0.25, 0.3) is 0 Å². The number of anilines is 1. The highest BCUT2D eigenvalue weighted by atomic mass is 16.5. The van der Waals surface area contributed by atoms with Crippen molar-refractivity contribution in [3.63, 3.8) is 0 Å². The summed E-state index contributed by atoms with van der Waals surface area (Å²) in [6, 6.07) is 3.36. The zero-order valence-corrected chi connectivity index (χ0v) is 13.2. The number of nitrogens with one attached hydrogen (secondary N) is 1. The first-order chi connectivity index (χ1) is 10.1. The molecular weight excluding hydrogens is 282 g/mol. The molecule has 5 heteroatoms. The highest BCUT2D eigenvalue weighted by Gasteiger charge is 2.11. The Labute approximate surface area is 133 Å². The lowest BCUT2D eigenvalue weighted by molar-refractivity contribution is -0.114. The van der Waals surface area contributed by atoms with Crippen LogP contribution in [0.2, 0.25) is 0 Å². The summed E-state index contributed by atoms with van der Waals surface area (Å²) >= 11 is 0. The average Bonchev–Trinajstić information content (AvgIpc) is 2.49. The molecule has 1 aromatic rings. The van der Waals surface area contributed by atoms with Gasteiger partial charge in [-0.25, -0.2) is 0 Å². The van der Waals surface area contributed by atoms with Crippen LogP contribution < -0.4 is 14.8 Å². The Morgan fingerprint density at radius 1 is 1.27 bits per heavy atom. The Hall–Kier alpha value is -2.19. The molecule has 0 bridgehead atoms. The fourth-order valence-corrected chi connectivity index (χ4v) is 1.49. The van der Waals surface area contributed by atoms with E-state index in [9.17, 15) is 4.79 Å². The third-order valence-corrected chi connectivity index (χ3v) is 2.29. The molecule has 0 saturated heterocycles. The number of rotatable bonds is 4. The van der Waals surface area contributed by atoms with Gasteiger partial charge in [0.05, 0.1) is 32.1 Å². The summed E-state index contributed by atoms with van der Waals surface area (Å²) in [7, 11) is 3.05. The Morgan fingerprint density at radius 2 is 1.91 bits per heavy atom. The second-order valence-corrected chi connectivity index (χ2v) is 3.71. The molecule has 22 heavy (non-hydrogen) atoms. The Kier molecular flexibility index (Phi) is 12.6. The van der Waals surface area contributed by atoms with Gasteiger partial charge < -0.3 is 19.9 Å². The Bertz CT molecular complexity index is 515. The molecule has 0 aliphatic heterocycles. The minimum atomic E-state index is -0.208. The maximum Gasteiger partial charge on any atom is 0.221 e. The normalized spacial score (nSPS) is 8.27. The van der Waals surface area contributed by atoms with Crippen LogP contribution >= 0.6 is 0 Å². The third-order valence-electron chi connectivity index (χ3n) is 2.29. The lowest BCUT2D eigenvalue weighted by Gasteiger charge is -2.12. The van der Waals surface area contributed by atoms with Crippen LogP contribution in [0, 0.1) is 11.8 Å². The molecule has 2 N–H and O–H groups in total. The van der Waals surface area contributed by atoms with Gasteiger partial charge in [-0.1, -0.05) is 33.1 Å². The second kappa shape index (κ2) is 12.5. The van der Waals surface area contributed by atoms with Crippen molar-refractivity contribution in [2.45, 2.75) is 34.6 Å². The van der Waals surface area contributed by atoms with E-state index in [-0.39, 0.29) is 19.9 Å². The van der Waals surface area contributed by atoms with E-state index >= 15 is 0 Å². The topological polar surface area (TPSA) is 67.8 Å². The van der Waals surface area contributed by atoms with Crippen LogP contribution in [0.4, 0.5) is 5.69 Å². The number of hydrogen-bond donors (Lipinski definition) is 2. The molecule has 1 rings (SSSR count). The minimum Gasteiger partial charge on any atom is -0.497 e. The number of methoxy groups -OCH3 is 2. The fraction of sp³-hybridized carbons (Fsp3) is 0.471. The smallest absolute Gasteiger partial charge is 0.221 e. The van der Waals surface area contributed by atoms with Crippen LogP contribution in [0.15, 0.2) is 12.1 Å². The monoisotopic (exact) mass is 309 g/mol. The number of aliphatic hydroxyl groups is 1. The highest BCUT2D eigenvalue weighted by Crippen LogP contribution is 2.31. The summed E-state index contributed by atoms with van der Waals surface area (Å²) in [5, 5.41) is 11.4. The van der Waals surface area contributed by atoms with Gasteiger partial charge in [-0.05, 0) is 0 Å². The SMILES string of the molecule is C.CC.COc1cc(NC(C)=O)c(C#CCCO)c(OC)c1. The van der Waals surface area contributed by atoms with Crippen LogP contribution in [-0.4, -0.2) is 31.8 Å². The van der Waals surface area contributed by atoms with E-state index in [1.54, 1.807) is 12.1 Å². The number of hydrogen-bond acceptors (Lipinski definition) is 4. The van der Waals surface area contributed by atoms with E-state index in [4.69, 9.17) is 14.6 Å². The van der Waals surface area contributed by atoms with Gasteiger partial charge in [-0.2, -0.15) is 0 Å². The van der Waals surface area contributed by atoms with Crippen LogP contribution in [0.1, 0.15) is 40.2 Å². The molecular formula is C17H27NO4. The number of aliphatic hydroxyl groups excluding tert-OH is 1. The van der Waals surface area contributed by atoms with Crippen molar-refractivity contribution >= 4 is 11.6 Å².